The van der Waals surface area contributed by atoms with Gasteiger partial charge in [0.25, 0.3) is 0 Å². The minimum absolute atomic E-state index is 0.0156. The average molecular weight is 345 g/mol. The summed E-state index contributed by atoms with van der Waals surface area (Å²) >= 11 is 12.4. The zero-order chi connectivity index (χ0) is 16.1. The van der Waals surface area contributed by atoms with Gasteiger partial charge in [0, 0.05) is 35.2 Å². The summed E-state index contributed by atoms with van der Waals surface area (Å²) in [5, 5.41) is 3.87. The predicted molar refractivity (Wildman–Crippen MR) is 84.9 cm³/mol. The van der Waals surface area contributed by atoms with E-state index in [1.807, 2.05) is 4.90 Å². The molecule has 0 saturated carbocycles. The van der Waals surface area contributed by atoms with E-state index in [0.29, 0.717) is 36.3 Å². The number of rotatable bonds is 5. The minimum atomic E-state index is -0.569. The number of esters is 1. The summed E-state index contributed by atoms with van der Waals surface area (Å²) in [4.78, 5) is 25.7. The van der Waals surface area contributed by atoms with Crippen molar-refractivity contribution in [3.63, 3.8) is 0 Å². The third kappa shape index (κ3) is 4.12. The van der Waals surface area contributed by atoms with Gasteiger partial charge in [-0.3, -0.25) is 14.5 Å². The topological polar surface area (TPSA) is 58.6 Å². The zero-order valence-electron chi connectivity index (χ0n) is 12.3. The summed E-state index contributed by atoms with van der Waals surface area (Å²) in [6.45, 7) is 3.59. The van der Waals surface area contributed by atoms with Crippen molar-refractivity contribution in [1.82, 2.24) is 10.2 Å². The molecule has 5 nitrogen and oxygen atoms in total. The molecule has 0 aliphatic carbocycles. The van der Waals surface area contributed by atoms with E-state index in [1.54, 1.807) is 25.1 Å². The second-order valence-corrected chi connectivity index (χ2v) is 5.80. The normalized spacial score (nSPS) is 18.9. The van der Waals surface area contributed by atoms with Crippen molar-refractivity contribution in [3.8, 4) is 0 Å². The molecule has 1 unspecified atom stereocenters. The Morgan fingerprint density at radius 3 is 2.73 bits per heavy atom. The van der Waals surface area contributed by atoms with Crippen LogP contribution in [0.15, 0.2) is 18.2 Å². The van der Waals surface area contributed by atoms with Gasteiger partial charge < -0.3 is 10.1 Å². The number of nitrogens with zero attached hydrogens (tertiary/aromatic N) is 1. The predicted octanol–water partition coefficient (Wildman–Crippen LogP) is 2.25. The maximum Gasteiger partial charge on any atom is 0.307 e. The van der Waals surface area contributed by atoms with Crippen molar-refractivity contribution in [3.05, 3.63) is 33.8 Å². The van der Waals surface area contributed by atoms with Gasteiger partial charge in [0.1, 0.15) is 6.04 Å². The quantitative estimate of drug-likeness (QED) is 0.832. The van der Waals surface area contributed by atoms with Crippen LogP contribution in [0.25, 0.3) is 0 Å². The molecule has 2 rings (SSSR count). The minimum Gasteiger partial charge on any atom is -0.466 e. The Labute approximate surface area is 139 Å². The number of benzene rings is 1. The summed E-state index contributed by atoms with van der Waals surface area (Å²) < 4.78 is 4.94. The number of carbonyl (C=O) groups excluding carboxylic acids is 2. The summed E-state index contributed by atoms with van der Waals surface area (Å²) in [5.41, 5.74) is 0.759. The van der Waals surface area contributed by atoms with Crippen LogP contribution in [0.1, 0.15) is 18.9 Å². The first-order valence-electron chi connectivity index (χ1n) is 7.13. The molecule has 1 saturated heterocycles. The van der Waals surface area contributed by atoms with Crippen LogP contribution in [-0.2, 0) is 20.9 Å². The first-order valence-corrected chi connectivity index (χ1v) is 7.88. The van der Waals surface area contributed by atoms with Gasteiger partial charge in [-0.2, -0.15) is 0 Å². The number of nitrogens with one attached hydrogen (secondary N) is 1. The second kappa shape index (κ2) is 7.81. The summed E-state index contributed by atoms with van der Waals surface area (Å²) in [6.07, 6.45) is 0.0156. The number of hydrogen-bond acceptors (Lipinski definition) is 4. The van der Waals surface area contributed by atoms with Crippen LogP contribution in [0, 0.1) is 0 Å². The molecule has 1 amide bonds. The molecule has 0 radical (unpaired) electrons. The van der Waals surface area contributed by atoms with Crippen LogP contribution in [0.2, 0.25) is 10.0 Å². The Morgan fingerprint density at radius 1 is 1.41 bits per heavy atom. The van der Waals surface area contributed by atoms with Crippen LogP contribution in [0.4, 0.5) is 0 Å². The molecule has 1 heterocycles. The lowest BCUT2D eigenvalue weighted by Gasteiger charge is -2.34. The monoisotopic (exact) mass is 344 g/mol. The fourth-order valence-corrected chi connectivity index (χ4v) is 2.95. The SMILES string of the molecule is CCOC(=O)CC1C(=O)NCCN1Cc1c(Cl)cccc1Cl. The van der Waals surface area contributed by atoms with Crippen LogP contribution in [-0.4, -0.2) is 42.5 Å². The average Bonchev–Trinajstić information content (AvgIpc) is 2.46. The standard InChI is InChI=1S/C15H18Cl2N2O3/c1-2-22-14(20)8-13-15(21)18-6-7-19(13)9-10-11(16)4-3-5-12(10)17/h3-5,13H,2,6-9H2,1H3,(H,18,21). The Kier molecular flexibility index (Phi) is 6.06. The number of ether oxygens (including phenoxy) is 1. The summed E-state index contributed by atoms with van der Waals surface area (Å²) in [6, 6.07) is 4.72. The third-order valence-corrected chi connectivity index (χ3v) is 4.24. The lowest BCUT2D eigenvalue weighted by atomic mass is 10.1. The van der Waals surface area contributed by atoms with Gasteiger partial charge in [-0.25, -0.2) is 0 Å². The van der Waals surface area contributed by atoms with E-state index in [-0.39, 0.29) is 18.3 Å². The Hall–Kier alpha value is -1.30. The highest BCUT2D eigenvalue weighted by molar-refractivity contribution is 6.35. The molecule has 1 aliphatic rings. The van der Waals surface area contributed by atoms with Crippen molar-refractivity contribution in [1.29, 1.82) is 0 Å². The number of hydrogen-bond donors (Lipinski definition) is 1. The fraction of sp³-hybridized carbons (Fsp3) is 0.467. The second-order valence-electron chi connectivity index (χ2n) is 4.99. The van der Waals surface area contributed by atoms with Gasteiger partial charge in [0.15, 0.2) is 0 Å². The van der Waals surface area contributed by atoms with E-state index < -0.39 is 6.04 Å². The first-order chi connectivity index (χ1) is 10.5. The van der Waals surface area contributed by atoms with E-state index in [2.05, 4.69) is 5.32 Å². The molecule has 7 heteroatoms. The van der Waals surface area contributed by atoms with Crippen molar-refractivity contribution in [2.24, 2.45) is 0 Å². The van der Waals surface area contributed by atoms with E-state index in [1.165, 1.54) is 0 Å². The highest BCUT2D eigenvalue weighted by Crippen LogP contribution is 2.27. The molecular formula is C15H18Cl2N2O3. The van der Waals surface area contributed by atoms with E-state index in [0.717, 1.165) is 5.56 Å². The van der Waals surface area contributed by atoms with Crippen LogP contribution >= 0.6 is 23.2 Å². The smallest absolute Gasteiger partial charge is 0.307 e. The molecular weight excluding hydrogens is 327 g/mol. The summed E-state index contributed by atoms with van der Waals surface area (Å²) in [7, 11) is 0. The molecule has 1 aromatic rings. The highest BCUT2D eigenvalue weighted by Gasteiger charge is 2.32. The first kappa shape index (κ1) is 17.1. The largest absolute Gasteiger partial charge is 0.466 e. The maximum atomic E-state index is 12.1. The molecule has 0 spiro atoms. The van der Waals surface area contributed by atoms with Gasteiger partial charge in [0.2, 0.25) is 5.91 Å². The molecule has 1 aliphatic heterocycles. The van der Waals surface area contributed by atoms with Gasteiger partial charge in [-0.1, -0.05) is 29.3 Å². The van der Waals surface area contributed by atoms with Gasteiger partial charge in [-0.15, -0.1) is 0 Å². The number of carbonyl (C=O) groups is 2. The van der Waals surface area contributed by atoms with Gasteiger partial charge >= 0.3 is 5.97 Å². The maximum absolute atomic E-state index is 12.1. The Morgan fingerprint density at radius 2 is 2.09 bits per heavy atom. The number of halogens is 2. The van der Waals surface area contributed by atoms with Crippen LogP contribution < -0.4 is 5.32 Å². The molecule has 1 atom stereocenters. The molecule has 120 valence electrons. The molecule has 1 aromatic carbocycles. The lowest BCUT2D eigenvalue weighted by Crippen LogP contribution is -2.55. The zero-order valence-corrected chi connectivity index (χ0v) is 13.8. The van der Waals surface area contributed by atoms with Crippen LogP contribution in [0.3, 0.4) is 0 Å². The Bertz CT molecular complexity index is 545. The van der Waals surface area contributed by atoms with E-state index in [4.69, 9.17) is 27.9 Å². The number of amides is 1. The fourth-order valence-electron chi connectivity index (χ4n) is 2.44. The van der Waals surface area contributed by atoms with E-state index in [9.17, 15) is 9.59 Å². The summed E-state index contributed by atoms with van der Waals surface area (Å²) in [5.74, 6) is -0.567. The third-order valence-electron chi connectivity index (χ3n) is 3.53. The molecule has 0 bridgehead atoms. The van der Waals surface area contributed by atoms with Crippen molar-refractivity contribution >= 4 is 35.1 Å². The molecule has 1 fully saturated rings. The van der Waals surface area contributed by atoms with Crippen molar-refractivity contribution in [2.75, 3.05) is 19.7 Å². The molecule has 0 aromatic heterocycles. The molecule has 22 heavy (non-hydrogen) atoms. The number of piperazine rings is 1. The van der Waals surface area contributed by atoms with Gasteiger partial charge in [0.05, 0.1) is 13.0 Å². The van der Waals surface area contributed by atoms with Crippen LogP contribution in [0.5, 0.6) is 0 Å². The van der Waals surface area contributed by atoms with Gasteiger partial charge in [-0.05, 0) is 19.1 Å². The van der Waals surface area contributed by atoms with Crippen molar-refractivity contribution < 1.29 is 14.3 Å². The van der Waals surface area contributed by atoms with Crippen molar-refractivity contribution in [2.45, 2.75) is 25.9 Å². The van der Waals surface area contributed by atoms with E-state index >= 15 is 0 Å². The molecule has 1 N–H and O–H groups in total. The Balaban J connectivity index is 2.15. The highest BCUT2D eigenvalue weighted by atomic mass is 35.5. The lowest BCUT2D eigenvalue weighted by molar-refractivity contribution is -0.148.